The number of amides is 1. The summed E-state index contributed by atoms with van der Waals surface area (Å²) in [5.74, 6) is 0. The number of carbonyl (C=O) groups is 1. The van der Waals surface area contributed by atoms with Crippen LogP contribution in [0.1, 0.15) is 27.2 Å². The fourth-order valence-electron chi connectivity index (χ4n) is 2.22. The summed E-state index contributed by atoms with van der Waals surface area (Å²) in [5.41, 5.74) is 0. The molecule has 1 saturated heterocycles. The van der Waals surface area contributed by atoms with Crippen LogP contribution >= 0.6 is 0 Å². The van der Waals surface area contributed by atoms with Gasteiger partial charge in [0.1, 0.15) is 0 Å². The number of nitrogens with zero attached hydrogens (tertiary/aromatic N) is 1. The minimum absolute atomic E-state index is 0.0252. The van der Waals surface area contributed by atoms with Crippen molar-refractivity contribution in [3.8, 4) is 0 Å². The minimum Gasteiger partial charge on any atom is -0.465 e. The van der Waals surface area contributed by atoms with Gasteiger partial charge in [0.2, 0.25) is 0 Å². The smallest absolute Gasteiger partial charge is 0.407 e. The second-order valence-electron chi connectivity index (χ2n) is 6.88. The summed E-state index contributed by atoms with van der Waals surface area (Å²) in [4.78, 5) is 12.8. The fraction of sp³-hybridized carbons (Fsp3) is 0.923. The van der Waals surface area contributed by atoms with Crippen molar-refractivity contribution in [3.63, 3.8) is 0 Å². The maximum Gasteiger partial charge on any atom is 0.407 e. The van der Waals surface area contributed by atoms with E-state index in [0.29, 0.717) is 13.1 Å². The van der Waals surface area contributed by atoms with Crippen LogP contribution < -0.4 is 5.32 Å². The van der Waals surface area contributed by atoms with Gasteiger partial charge in [-0.05, 0) is 31.6 Å². The Bertz CT molecular complexity index is 328. The molecule has 1 amide bonds. The maximum atomic E-state index is 11.2. The molecule has 0 aromatic heterocycles. The summed E-state index contributed by atoms with van der Waals surface area (Å²) in [7, 11) is 0.0224. The molecule has 6 heteroatoms. The third kappa shape index (κ3) is 3.93. The van der Waals surface area contributed by atoms with Crippen molar-refractivity contribution < 1.29 is 14.3 Å². The third-order valence-corrected chi connectivity index (χ3v) is 8.86. The van der Waals surface area contributed by atoms with E-state index >= 15 is 0 Å². The van der Waals surface area contributed by atoms with E-state index in [0.717, 1.165) is 6.42 Å². The summed E-state index contributed by atoms with van der Waals surface area (Å²) in [6.45, 7) is 12.2. The highest BCUT2D eigenvalue weighted by atomic mass is 28.4. The Balaban J connectivity index is 2.70. The highest BCUT2D eigenvalue weighted by molar-refractivity contribution is 6.74. The van der Waals surface area contributed by atoms with Gasteiger partial charge < -0.3 is 19.7 Å². The van der Waals surface area contributed by atoms with Gasteiger partial charge in [0.25, 0.3) is 0 Å². The van der Waals surface area contributed by atoms with Gasteiger partial charge in [-0.2, -0.15) is 0 Å². The van der Waals surface area contributed by atoms with Gasteiger partial charge in [0, 0.05) is 13.1 Å². The molecule has 0 aliphatic carbocycles. The van der Waals surface area contributed by atoms with E-state index in [4.69, 9.17) is 4.43 Å². The predicted molar refractivity (Wildman–Crippen MR) is 79.1 cm³/mol. The van der Waals surface area contributed by atoms with Crippen molar-refractivity contribution in [2.24, 2.45) is 0 Å². The minimum atomic E-state index is -1.83. The third-order valence-electron chi connectivity index (χ3n) is 4.33. The van der Waals surface area contributed by atoms with Gasteiger partial charge >= 0.3 is 6.09 Å². The molecule has 1 heterocycles. The first-order valence-corrected chi connectivity index (χ1v) is 9.81. The van der Waals surface area contributed by atoms with E-state index < -0.39 is 14.4 Å². The molecule has 19 heavy (non-hydrogen) atoms. The lowest BCUT2D eigenvalue weighted by Crippen LogP contribution is -2.44. The van der Waals surface area contributed by atoms with Crippen LogP contribution in [-0.2, 0) is 4.43 Å². The number of rotatable bonds is 4. The van der Waals surface area contributed by atoms with Crippen LogP contribution in [0.4, 0.5) is 4.79 Å². The van der Waals surface area contributed by atoms with Crippen LogP contribution in [0.25, 0.3) is 0 Å². The molecule has 2 atom stereocenters. The normalized spacial score (nSPS) is 24.8. The van der Waals surface area contributed by atoms with E-state index in [1.165, 1.54) is 4.90 Å². The molecule has 1 aliphatic rings. The number of carboxylic acid groups (broad SMARTS) is 1. The first-order chi connectivity index (χ1) is 8.58. The van der Waals surface area contributed by atoms with Gasteiger partial charge in [-0.1, -0.05) is 20.8 Å². The van der Waals surface area contributed by atoms with Gasteiger partial charge in [0.05, 0.1) is 12.1 Å². The Hall–Kier alpha value is -0.593. The molecular formula is C13H28N2O3Si. The lowest BCUT2D eigenvalue weighted by atomic mass is 10.2. The molecule has 112 valence electrons. The molecule has 1 fully saturated rings. The standard InChI is InChI=1S/C13H28N2O3Si/c1-13(2,3)19(5,6)18-11-7-10(8-14-4)15(9-11)12(16)17/h10-11,14H,7-9H2,1-6H3,(H,16,17)/t10-,11+/m0/s1. The first-order valence-electron chi connectivity index (χ1n) is 6.90. The van der Waals surface area contributed by atoms with E-state index in [2.05, 4.69) is 39.2 Å². The molecule has 2 N–H and O–H groups in total. The van der Waals surface area contributed by atoms with Gasteiger partial charge in [0.15, 0.2) is 8.32 Å². The Morgan fingerprint density at radius 3 is 2.47 bits per heavy atom. The monoisotopic (exact) mass is 288 g/mol. The van der Waals surface area contributed by atoms with Gasteiger partial charge in [-0.15, -0.1) is 0 Å². The summed E-state index contributed by atoms with van der Waals surface area (Å²) < 4.78 is 6.33. The highest BCUT2D eigenvalue weighted by Crippen LogP contribution is 2.38. The van der Waals surface area contributed by atoms with Crippen LogP contribution in [0.5, 0.6) is 0 Å². The lowest BCUT2D eigenvalue weighted by Gasteiger charge is -2.38. The number of nitrogens with one attached hydrogen (secondary N) is 1. The Labute approximate surface area is 117 Å². The fourth-order valence-corrected chi connectivity index (χ4v) is 3.57. The van der Waals surface area contributed by atoms with E-state index in [-0.39, 0.29) is 17.2 Å². The van der Waals surface area contributed by atoms with E-state index in [1.807, 2.05) is 7.05 Å². The zero-order valence-corrected chi connectivity index (χ0v) is 14.0. The van der Waals surface area contributed by atoms with Crippen LogP contribution in [0.15, 0.2) is 0 Å². The van der Waals surface area contributed by atoms with Crippen molar-refractivity contribution in [2.75, 3.05) is 20.1 Å². The van der Waals surface area contributed by atoms with E-state index in [1.54, 1.807) is 0 Å². The van der Waals surface area contributed by atoms with Gasteiger partial charge in [-0.25, -0.2) is 4.79 Å². The first kappa shape index (κ1) is 16.5. The predicted octanol–water partition coefficient (Wildman–Crippen LogP) is 2.35. The number of likely N-dealkylation sites (tertiary alicyclic amines) is 1. The zero-order chi connectivity index (χ0) is 14.8. The van der Waals surface area contributed by atoms with Crippen LogP contribution in [0.2, 0.25) is 18.1 Å². The van der Waals surface area contributed by atoms with Crippen LogP contribution in [0.3, 0.4) is 0 Å². The summed E-state index contributed by atoms with van der Waals surface area (Å²) >= 11 is 0. The largest absolute Gasteiger partial charge is 0.465 e. The van der Waals surface area contributed by atoms with E-state index in [9.17, 15) is 9.90 Å². The van der Waals surface area contributed by atoms with Gasteiger partial charge in [-0.3, -0.25) is 0 Å². The van der Waals surface area contributed by atoms with Crippen LogP contribution in [-0.4, -0.2) is 56.7 Å². The number of hydrogen-bond donors (Lipinski definition) is 2. The number of hydrogen-bond acceptors (Lipinski definition) is 3. The molecule has 0 aromatic carbocycles. The maximum absolute atomic E-state index is 11.2. The molecular weight excluding hydrogens is 260 g/mol. The average Bonchev–Trinajstić information content (AvgIpc) is 2.59. The molecule has 1 aliphatic heterocycles. The second-order valence-corrected chi connectivity index (χ2v) is 11.6. The van der Waals surface area contributed by atoms with Crippen LogP contribution in [0, 0.1) is 0 Å². The molecule has 5 nitrogen and oxygen atoms in total. The second kappa shape index (κ2) is 5.81. The van der Waals surface area contributed by atoms with Crippen molar-refractivity contribution in [1.29, 1.82) is 0 Å². The molecule has 1 rings (SSSR count). The van der Waals surface area contributed by atoms with Crippen molar-refractivity contribution in [1.82, 2.24) is 10.2 Å². The summed E-state index contributed by atoms with van der Waals surface area (Å²) in [6.07, 6.45) is -0.0171. The summed E-state index contributed by atoms with van der Waals surface area (Å²) in [5, 5.41) is 12.5. The Kier molecular flexibility index (Phi) is 5.03. The Morgan fingerprint density at radius 2 is 2.05 bits per heavy atom. The SMILES string of the molecule is CNC[C@@H]1C[C@@H](O[Si](C)(C)C(C)(C)C)CN1C(=O)O. The quantitative estimate of drug-likeness (QED) is 0.780. The average molecular weight is 288 g/mol. The molecule has 0 radical (unpaired) electrons. The topological polar surface area (TPSA) is 61.8 Å². The van der Waals surface area contributed by atoms with Crippen molar-refractivity contribution in [2.45, 2.75) is 57.5 Å². The summed E-state index contributed by atoms with van der Waals surface area (Å²) in [6, 6.07) is 0.0252. The lowest BCUT2D eigenvalue weighted by molar-refractivity contribution is 0.132. The molecule has 0 bridgehead atoms. The molecule has 0 saturated carbocycles. The molecule has 0 spiro atoms. The zero-order valence-electron chi connectivity index (χ0n) is 13.0. The van der Waals surface area contributed by atoms with Crippen molar-refractivity contribution >= 4 is 14.4 Å². The number of likely N-dealkylation sites (N-methyl/N-ethyl adjacent to an activating group) is 1. The molecule has 0 unspecified atom stereocenters. The van der Waals surface area contributed by atoms with Crippen molar-refractivity contribution in [3.05, 3.63) is 0 Å². The highest BCUT2D eigenvalue weighted by Gasteiger charge is 2.43. The Morgan fingerprint density at radius 1 is 1.47 bits per heavy atom. The molecule has 0 aromatic rings.